The van der Waals surface area contributed by atoms with Crippen LogP contribution in [0.15, 0.2) is 5.38 Å². The molecule has 1 aromatic heterocycles. The van der Waals surface area contributed by atoms with Crippen LogP contribution < -0.4 is 10.6 Å². The lowest BCUT2D eigenvalue weighted by Gasteiger charge is -2.08. The average molecular weight is 267 g/mol. The molecule has 1 unspecified atom stereocenters. The molecule has 0 aliphatic carbocycles. The third kappa shape index (κ3) is 3.53. The molecular formula is C13H21N3OS. The normalized spacial score (nSPS) is 19.4. The number of hydrogen-bond acceptors (Lipinski definition) is 4. The van der Waals surface area contributed by atoms with Gasteiger partial charge >= 0.3 is 0 Å². The molecule has 1 atom stereocenters. The smallest absolute Gasteiger partial charge is 0.224 e. The second-order valence-corrected chi connectivity index (χ2v) is 5.95. The van der Waals surface area contributed by atoms with E-state index in [0.29, 0.717) is 12.5 Å². The highest BCUT2D eigenvalue weighted by Crippen LogP contribution is 2.19. The molecule has 1 aliphatic heterocycles. The van der Waals surface area contributed by atoms with E-state index >= 15 is 0 Å². The maximum atomic E-state index is 11.8. The van der Waals surface area contributed by atoms with E-state index in [4.69, 9.17) is 0 Å². The molecule has 1 aliphatic rings. The molecule has 0 aromatic carbocycles. The van der Waals surface area contributed by atoms with E-state index in [1.54, 1.807) is 11.3 Å². The third-order valence-corrected chi connectivity index (χ3v) is 4.37. The molecule has 2 N–H and O–H groups in total. The topological polar surface area (TPSA) is 54.0 Å². The zero-order valence-electron chi connectivity index (χ0n) is 11.0. The van der Waals surface area contributed by atoms with Crippen molar-refractivity contribution in [2.24, 2.45) is 5.92 Å². The van der Waals surface area contributed by atoms with E-state index in [9.17, 15) is 4.79 Å². The van der Waals surface area contributed by atoms with Crippen molar-refractivity contribution in [3.8, 4) is 0 Å². The fourth-order valence-corrected chi connectivity index (χ4v) is 2.91. The maximum absolute atomic E-state index is 11.8. The molecule has 2 rings (SSSR count). The van der Waals surface area contributed by atoms with E-state index in [1.165, 1.54) is 5.01 Å². The molecule has 100 valence electrons. The Labute approximate surface area is 112 Å². The van der Waals surface area contributed by atoms with Gasteiger partial charge in [0.2, 0.25) is 5.91 Å². The Morgan fingerprint density at radius 3 is 3.11 bits per heavy atom. The van der Waals surface area contributed by atoms with Gasteiger partial charge in [-0.05, 0) is 13.0 Å². The van der Waals surface area contributed by atoms with Crippen LogP contribution in [0.25, 0.3) is 0 Å². The molecule has 1 saturated heterocycles. The minimum atomic E-state index is 0.159. The van der Waals surface area contributed by atoms with Crippen molar-refractivity contribution in [2.45, 2.75) is 32.6 Å². The lowest BCUT2D eigenvalue weighted by molar-refractivity contribution is -0.124. The number of thiazole rings is 1. The summed E-state index contributed by atoms with van der Waals surface area (Å²) in [6.45, 7) is 6.77. The van der Waals surface area contributed by atoms with Crippen LogP contribution in [0, 0.1) is 5.92 Å². The number of carbonyl (C=O) groups excluding carboxylic acids is 1. The van der Waals surface area contributed by atoms with E-state index in [-0.39, 0.29) is 11.8 Å². The summed E-state index contributed by atoms with van der Waals surface area (Å²) in [5, 5.41) is 9.48. The molecule has 18 heavy (non-hydrogen) atoms. The quantitative estimate of drug-likeness (QED) is 0.851. The van der Waals surface area contributed by atoms with Gasteiger partial charge in [0.05, 0.1) is 16.6 Å². The van der Waals surface area contributed by atoms with Gasteiger partial charge < -0.3 is 10.6 Å². The number of nitrogens with zero attached hydrogens (tertiary/aromatic N) is 1. The van der Waals surface area contributed by atoms with Gasteiger partial charge in [-0.1, -0.05) is 13.8 Å². The number of amides is 1. The number of aromatic nitrogens is 1. The molecule has 1 aromatic rings. The van der Waals surface area contributed by atoms with Crippen molar-refractivity contribution >= 4 is 17.2 Å². The van der Waals surface area contributed by atoms with Gasteiger partial charge in [0.1, 0.15) is 0 Å². The molecular weight excluding hydrogens is 246 g/mol. The van der Waals surface area contributed by atoms with E-state index < -0.39 is 0 Å². The summed E-state index contributed by atoms with van der Waals surface area (Å²) in [7, 11) is 0. The second kappa shape index (κ2) is 6.29. The molecule has 4 nitrogen and oxygen atoms in total. The first-order valence-corrected chi connectivity index (χ1v) is 7.47. The molecule has 0 bridgehead atoms. The van der Waals surface area contributed by atoms with Gasteiger partial charge in [-0.25, -0.2) is 4.98 Å². The van der Waals surface area contributed by atoms with Crippen molar-refractivity contribution < 1.29 is 4.79 Å². The Morgan fingerprint density at radius 1 is 1.67 bits per heavy atom. The predicted molar refractivity (Wildman–Crippen MR) is 73.9 cm³/mol. The summed E-state index contributed by atoms with van der Waals surface area (Å²) in [4.78, 5) is 16.3. The van der Waals surface area contributed by atoms with Gasteiger partial charge in [-0.3, -0.25) is 4.79 Å². The largest absolute Gasteiger partial charge is 0.355 e. The number of nitrogens with one attached hydrogen (secondary N) is 2. The van der Waals surface area contributed by atoms with Gasteiger partial charge in [-0.2, -0.15) is 0 Å². The van der Waals surface area contributed by atoms with Gasteiger partial charge in [-0.15, -0.1) is 11.3 Å². The molecule has 2 heterocycles. The average Bonchev–Trinajstić information content (AvgIpc) is 3.00. The Hall–Kier alpha value is -0.940. The van der Waals surface area contributed by atoms with Crippen LogP contribution in [-0.4, -0.2) is 30.5 Å². The highest BCUT2D eigenvalue weighted by molar-refractivity contribution is 7.09. The van der Waals surface area contributed by atoms with E-state index in [2.05, 4.69) is 34.8 Å². The maximum Gasteiger partial charge on any atom is 0.224 e. The van der Waals surface area contributed by atoms with Crippen molar-refractivity contribution in [2.75, 3.05) is 19.6 Å². The molecule has 0 spiro atoms. The van der Waals surface area contributed by atoms with Crippen LogP contribution in [0.5, 0.6) is 0 Å². The van der Waals surface area contributed by atoms with Gasteiger partial charge in [0, 0.05) is 30.8 Å². The van der Waals surface area contributed by atoms with E-state index in [1.807, 2.05) is 0 Å². The first-order chi connectivity index (χ1) is 8.66. The van der Waals surface area contributed by atoms with Crippen LogP contribution in [0.4, 0.5) is 0 Å². The molecule has 0 radical (unpaired) electrons. The lowest BCUT2D eigenvalue weighted by atomic mass is 10.1. The number of carbonyl (C=O) groups is 1. The number of hydrogen-bond donors (Lipinski definition) is 2. The first kappa shape index (κ1) is 13.5. The predicted octanol–water partition coefficient (Wildman–Crippen LogP) is 1.53. The van der Waals surface area contributed by atoms with Gasteiger partial charge in [0.25, 0.3) is 0 Å². The fourth-order valence-electron chi connectivity index (χ4n) is 2.04. The second-order valence-electron chi connectivity index (χ2n) is 5.06. The standard InChI is InChI=1S/C13H21N3OS/c1-9(2)13-16-11(8-18-13)4-6-15-12(17)10-3-5-14-7-10/h8-10,14H,3-7H2,1-2H3,(H,15,17). The monoisotopic (exact) mass is 267 g/mol. The van der Waals surface area contributed by atoms with Crippen LogP contribution >= 0.6 is 11.3 Å². The Morgan fingerprint density at radius 2 is 2.50 bits per heavy atom. The van der Waals surface area contributed by atoms with Crippen LogP contribution in [0.1, 0.15) is 36.9 Å². The summed E-state index contributed by atoms with van der Waals surface area (Å²) in [5.41, 5.74) is 1.09. The Balaban J connectivity index is 1.72. The van der Waals surface area contributed by atoms with E-state index in [0.717, 1.165) is 31.6 Å². The minimum absolute atomic E-state index is 0.159. The highest BCUT2D eigenvalue weighted by Gasteiger charge is 2.21. The Kier molecular flexibility index (Phi) is 4.72. The minimum Gasteiger partial charge on any atom is -0.355 e. The summed E-state index contributed by atoms with van der Waals surface area (Å²) in [6.07, 6.45) is 1.79. The van der Waals surface area contributed by atoms with Crippen LogP contribution in [0.2, 0.25) is 0 Å². The SMILES string of the molecule is CC(C)c1nc(CCNC(=O)C2CCNC2)cs1. The Bertz CT molecular complexity index is 397. The first-order valence-electron chi connectivity index (χ1n) is 6.59. The molecule has 1 amide bonds. The third-order valence-electron chi connectivity index (χ3n) is 3.17. The lowest BCUT2D eigenvalue weighted by Crippen LogP contribution is -2.33. The molecule has 5 heteroatoms. The van der Waals surface area contributed by atoms with Gasteiger partial charge in [0.15, 0.2) is 0 Å². The molecule has 0 saturated carbocycles. The number of rotatable bonds is 5. The summed E-state index contributed by atoms with van der Waals surface area (Å²) in [6, 6.07) is 0. The summed E-state index contributed by atoms with van der Waals surface area (Å²) >= 11 is 1.71. The molecule has 1 fully saturated rings. The van der Waals surface area contributed by atoms with Crippen molar-refractivity contribution in [3.05, 3.63) is 16.1 Å². The zero-order valence-corrected chi connectivity index (χ0v) is 11.8. The fraction of sp³-hybridized carbons (Fsp3) is 0.692. The van der Waals surface area contributed by atoms with Crippen LogP contribution in [-0.2, 0) is 11.2 Å². The summed E-state index contributed by atoms with van der Waals surface area (Å²) < 4.78 is 0. The van der Waals surface area contributed by atoms with Crippen LogP contribution in [0.3, 0.4) is 0 Å². The van der Waals surface area contributed by atoms with Crippen molar-refractivity contribution in [1.82, 2.24) is 15.6 Å². The zero-order chi connectivity index (χ0) is 13.0. The summed E-state index contributed by atoms with van der Waals surface area (Å²) in [5.74, 6) is 0.828. The van der Waals surface area contributed by atoms with Crippen molar-refractivity contribution in [1.29, 1.82) is 0 Å². The van der Waals surface area contributed by atoms with Crippen molar-refractivity contribution in [3.63, 3.8) is 0 Å². The highest BCUT2D eigenvalue weighted by atomic mass is 32.1.